The molecular weight excluding hydrogens is 194 g/mol. The second kappa shape index (κ2) is 6.14. The highest BCUT2D eigenvalue weighted by Crippen LogP contribution is 2.09. The van der Waals surface area contributed by atoms with Gasteiger partial charge in [0.25, 0.3) is 0 Å². The summed E-state index contributed by atoms with van der Waals surface area (Å²) in [5.41, 5.74) is 11.2. The van der Waals surface area contributed by atoms with E-state index in [0.717, 1.165) is 19.5 Å². The lowest BCUT2D eigenvalue weighted by Crippen LogP contribution is -2.41. The van der Waals surface area contributed by atoms with Gasteiger partial charge in [-0.3, -0.25) is 0 Å². The van der Waals surface area contributed by atoms with Gasteiger partial charge in [0.15, 0.2) is 0 Å². The molecule has 1 rings (SSSR count). The van der Waals surface area contributed by atoms with Gasteiger partial charge in [-0.2, -0.15) is 0 Å². The maximum absolute atomic E-state index is 5.76. The molecule has 0 spiro atoms. The summed E-state index contributed by atoms with van der Waals surface area (Å²) in [4.78, 5) is 3.66. The van der Waals surface area contributed by atoms with Gasteiger partial charge in [-0.25, -0.2) is 0 Å². The van der Waals surface area contributed by atoms with E-state index in [0.29, 0.717) is 6.54 Å². The minimum Gasteiger partial charge on any atom is -0.329 e. The summed E-state index contributed by atoms with van der Waals surface area (Å²) in [5, 5.41) is 2.11. The van der Waals surface area contributed by atoms with Gasteiger partial charge in [-0.15, -0.1) is 11.3 Å². The van der Waals surface area contributed by atoms with Crippen LogP contribution in [-0.4, -0.2) is 37.6 Å². The molecule has 1 aromatic rings. The van der Waals surface area contributed by atoms with Crippen molar-refractivity contribution in [1.82, 2.24) is 4.90 Å². The van der Waals surface area contributed by atoms with Gasteiger partial charge in [-0.05, 0) is 24.9 Å². The predicted octanol–water partition coefficient (Wildman–Crippen LogP) is 0.508. The second-order valence-corrected chi connectivity index (χ2v) is 4.62. The van der Waals surface area contributed by atoms with Crippen LogP contribution >= 0.6 is 11.3 Å². The Morgan fingerprint density at radius 1 is 1.57 bits per heavy atom. The van der Waals surface area contributed by atoms with Gasteiger partial charge in [-0.1, -0.05) is 6.07 Å². The molecule has 0 amide bonds. The minimum absolute atomic E-state index is 0.100. The molecule has 0 saturated heterocycles. The SMILES string of the molecule is CN(CCc1cccs1)CC(N)CN. The Balaban J connectivity index is 2.18. The molecule has 1 atom stereocenters. The number of hydrogen-bond acceptors (Lipinski definition) is 4. The van der Waals surface area contributed by atoms with E-state index < -0.39 is 0 Å². The van der Waals surface area contributed by atoms with E-state index in [2.05, 4.69) is 29.5 Å². The summed E-state index contributed by atoms with van der Waals surface area (Å²) >= 11 is 1.81. The summed E-state index contributed by atoms with van der Waals surface area (Å²) in [6.45, 7) is 2.49. The molecule has 0 aromatic carbocycles. The van der Waals surface area contributed by atoms with Gasteiger partial charge in [0.1, 0.15) is 0 Å². The van der Waals surface area contributed by atoms with Gasteiger partial charge >= 0.3 is 0 Å². The van der Waals surface area contributed by atoms with E-state index in [1.54, 1.807) is 11.3 Å². The van der Waals surface area contributed by atoms with Crippen molar-refractivity contribution in [1.29, 1.82) is 0 Å². The van der Waals surface area contributed by atoms with Crippen molar-refractivity contribution < 1.29 is 0 Å². The molecule has 0 bridgehead atoms. The summed E-state index contributed by atoms with van der Waals surface area (Å²) in [7, 11) is 2.09. The van der Waals surface area contributed by atoms with Crippen LogP contribution in [-0.2, 0) is 6.42 Å². The van der Waals surface area contributed by atoms with Gasteiger partial charge in [0.2, 0.25) is 0 Å². The number of nitrogens with two attached hydrogens (primary N) is 2. The molecule has 1 heterocycles. The zero-order valence-electron chi connectivity index (χ0n) is 8.65. The van der Waals surface area contributed by atoms with Gasteiger partial charge < -0.3 is 16.4 Å². The Hall–Kier alpha value is -0.420. The van der Waals surface area contributed by atoms with Crippen molar-refractivity contribution in [3.8, 4) is 0 Å². The fraction of sp³-hybridized carbons (Fsp3) is 0.600. The van der Waals surface area contributed by atoms with Crippen LogP contribution in [0.2, 0.25) is 0 Å². The molecule has 4 N–H and O–H groups in total. The third-order valence-electron chi connectivity index (χ3n) is 2.17. The van der Waals surface area contributed by atoms with Crippen molar-refractivity contribution in [2.24, 2.45) is 11.5 Å². The number of likely N-dealkylation sites (N-methyl/N-ethyl adjacent to an activating group) is 1. The molecule has 1 aromatic heterocycles. The molecule has 3 nitrogen and oxygen atoms in total. The molecule has 4 heteroatoms. The smallest absolute Gasteiger partial charge is 0.0292 e. The van der Waals surface area contributed by atoms with Crippen LogP contribution in [0.5, 0.6) is 0 Å². The largest absolute Gasteiger partial charge is 0.329 e. The van der Waals surface area contributed by atoms with Crippen LogP contribution in [0.1, 0.15) is 4.88 Å². The topological polar surface area (TPSA) is 55.3 Å². The Morgan fingerprint density at radius 2 is 2.36 bits per heavy atom. The summed E-state index contributed by atoms with van der Waals surface area (Å²) in [6.07, 6.45) is 1.10. The molecule has 0 saturated carbocycles. The molecular formula is C10H19N3S. The van der Waals surface area contributed by atoms with Gasteiger partial charge in [0.05, 0.1) is 0 Å². The van der Waals surface area contributed by atoms with Crippen molar-refractivity contribution in [3.63, 3.8) is 0 Å². The number of nitrogens with zero attached hydrogens (tertiary/aromatic N) is 1. The Morgan fingerprint density at radius 3 is 2.93 bits per heavy atom. The van der Waals surface area contributed by atoms with E-state index in [4.69, 9.17) is 11.5 Å². The molecule has 0 aliphatic heterocycles. The maximum Gasteiger partial charge on any atom is 0.0292 e. The standard InChI is InChI=1S/C10H19N3S/c1-13(8-9(12)7-11)5-4-10-3-2-6-14-10/h2-3,6,9H,4-5,7-8,11-12H2,1H3. The highest BCUT2D eigenvalue weighted by Gasteiger charge is 2.04. The lowest BCUT2D eigenvalue weighted by Gasteiger charge is -2.19. The van der Waals surface area contributed by atoms with Crippen LogP contribution in [0.25, 0.3) is 0 Å². The Kier molecular flexibility index (Phi) is 5.11. The summed E-state index contributed by atoms with van der Waals surface area (Å²) in [6, 6.07) is 4.36. The van der Waals surface area contributed by atoms with Crippen LogP contribution in [0.3, 0.4) is 0 Å². The number of hydrogen-bond donors (Lipinski definition) is 2. The van der Waals surface area contributed by atoms with Crippen molar-refractivity contribution >= 4 is 11.3 Å². The minimum atomic E-state index is 0.100. The maximum atomic E-state index is 5.76. The summed E-state index contributed by atoms with van der Waals surface area (Å²) < 4.78 is 0. The fourth-order valence-corrected chi connectivity index (χ4v) is 2.02. The molecule has 0 aliphatic rings. The first-order valence-corrected chi connectivity index (χ1v) is 5.77. The quantitative estimate of drug-likeness (QED) is 0.724. The molecule has 14 heavy (non-hydrogen) atoms. The lowest BCUT2D eigenvalue weighted by molar-refractivity contribution is 0.317. The third kappa shape index (κ3) is 4.19. The van der Waals surface area contributed by atoms with E-state index in [9.17, 15) is 0 Å². The fourth-order valence-electron chi connectivity index (χ4n) is 1.32. The van der Waals surface area contributed by atoms with Crippen LogP contribution in [0, 0.1) is 0 Å². The van der Waals surface area contributed by atoms with Crippen LogP contribution in [0.15, 0.2) is 17.5 Å². The molecule has 1 unspecified atom stereocenters. The van der Waals surface area contributed by atoms with Gasteiger partial charge in [0, 0.05) is 30.6 Å². The second-order valence-electron chi connectivity index (χ2n) is 3.59. The third-order valence-corrected chi connectivity index (χ3v) is 3.11. The predicted molar refractivity (Wildman–Crippen MR) is 62.5 cm³/mol. The van der Waals surface area contributed by atoms with E-state index in [1.807, 2.05) is 0 Å². The van der Waals surface area contributed by atoms with E-state index >= 15 is 0 Å². The number of thiophene rings is 1. The monoisotopic (exact) mass is 213 g/mol. The van der Waals surface area contributed by atoms with E-state index in [1.165, 1.54) is 4.88 Å². The number of rotatable bonds is 6. The first-order chi connectivity index (χ1) is 6.72. The van der Waals surface area contributed by atoms with E-state index in [-0.39, 0.29) is 6.04 Å². The average molecular weight is 213 g/mol. The zero-order chi connectivity index (χ0) is 10.4. The van der Waals surface area contributed by atoms with Crippen LogP contribution < -0.4 is 11.5 Å². The molecule has 80 valence electrons. The van der Waals surface area contributed by atoms with Crippen molar-refractivity contribution in [3.05, 3.63) is 22.4 Å². The zero-order valence-corrected chi connectivity index (χ0v) is 9.46. The van der Waals surface area contributed by atoms with Crippen LogP contribution in [0.4, 0.5) is 0 Å². The van der Waals surface area contributed by atoms with Crippen molar-refractivity contribution in [2.75, 3.05) is 26.7 Å². The lowest BCUT2D eigenvalue weighted by atomic mass is 10.2. The highest BCUT2D eigenvalue weighted by molar-refractivity contribution is 7.09. The Bertz CT molecular complexity index is 236. The summed E-state index contributed by atoms with van der Waals surface area (Å²) in [5.74, 6) is 0. The first kappa shape index (κ1) is 11.7. The van der Waals surface area contributed by atoms with Crippen molar-refractivity contribution in [2.45, 2.75) is 12.5 Å². The Labute approximate surface area is 89.7 Å². The molecule has 0 aliphatic carbocycles. The highest BCUT2D eigenvalue weighted by atomic mass is 32.1. The molecule has 0 radical (unpaired) electrons. The first-order valence-electron chi connectivity index (χ1n) is 4.89. The normalized spacial score (nSPS) is 13.4. The molecule has 0 fully saturated rings. The average Bonchev–Trinajstić information content (AvgIpc) is 2.67.